The van der Waals surface area contributed by atoms with Gasteiger partial charge in [0.05, 0.1) is 17.1 Å². The molecule has 42 heavy (non-hydrogen) atoms. The van der Waals surface area contributed by atoms with E-state index in [2.05, 4.69) is 20.0 Å². The van der Waals surface area contributed by atoms with E-state index in [1.165, 1.54) is 41.1 Å². The van der Waals surface area contributed by atoms with Gasteiger partial charge in [-0.05, 0) is 53.6 Å². The quantitative estimate of drug-likeness (QED) is 0.265. The second kappa shape index (κ2) is 9.77. The standard InChI is InChI=1S/C28H23F4N5O4S/c1-36-25-19-8-6-16(15-4-3-5-18(10-15)42(2)39)11-20(19)37(34-24(25)26(35-36)27(29,30)14-38)21(13-33)17-7-9-22-23(12-17)41-28(31,32)40-22/h3-13,34,38H,14,33H2,1-2H3/b21-13-. The van der Waals surface area contributed by atoms with Crippen molar-refractivity contribution in [1.82, 2.24) is 9.78 Å². The molecule has 0 bridgehead atoms. The predicted molar refractivity (Wildman–Crippen MR) is 148 cm³/mol. The summed E-state index contributed by atoms with van der Waals surface area (Å²) in [4.78, 5) is 0.615. The number of aliphatic hydroxyl groups is 1. The zero-order valence-electron chi connectivity index (χ0n) is 22.1. The maximum absolute atomic E-state index is 14.9. The zero-order chi connectivity index (χ0) is 30.0. The Morgan fingerprint density at radius 1 is 1.12 bits per heavy atom. The molecule has 1 atom stereocenters. The SMILES string of the molecule is Cn1nc(C(F)(F)CO)c2c1-c1ccc(-c3cccc(S(C)=O)c3)cc1N(/C(=C\N)c1ccc3c(c1)OC(F)(F)O3)N2. The van der Waals surface area contributed by atoms with Gasteiger partial charge >= 0.3 is 12.2 Å². The van der Waals surface area contributed by atoms with Gasteiger partial charge in [0.1, 0.15) is 12.3 Å². The van der Waals surface area contributed by atoms with E-state index < -0.39 is 35.3 Å². The third-order valence-corrected chi connectivity index (χ3v) is 7.82. The molecule has 0 saturated heterocycles. The Morgan fingerprint density at radius 2 is 1.86 bits per heavy atom. The first-order valence-electron chi connectivity index (χ1n) is 12.5. The van der Waals surface area contributed by atoms with Gasteiger partial charge in [0.2, 0.25) is 0 Å². The Bertz CT molecular complexity index is 1790. The number of nitrogens with two attached hydrogens (primary N) is 1. The van der Waals surface area contributed by atoms with Crippen molar-refractivity contribution in [3.63, 3.8) is 0 Å². The molecular formula is C28H23F4N5O4S. The molecule has 0 fully saturated rings. The summed E-state index contributed by atoms with van der Waals surface area (Å²) in [5, 5.41) is 14.9. The summed E-state index contributed by atoms with van der Waals surface area (Å²) >= 11 is 0. The average molecular weight is 602 g/mol. The molecule has 1 unspecified atom stereocenters. The van der Waals surface area contributed by atoms with E-state index in [0.29, 0.717) is 33.0 Å². The third kappa shape index (κ3) is 4.52. The number of nitrogens with zero attached hydrogens (tertiary/aromatic N) is 3. The van der Waals surface area contributed by atoms with E-state index in [1.807, 2.05) is 6.07 Å². The molecule has 218 valence electrons. The number of hydrogen-bond acceptors (Lipinski definition) is 8. The fourth-order valence-corrected chi connectivity index (χ4v) is 5.55. The molecule has 9 nitrogen and oxygen atoms in total. The van der Waals surface area contributed by atoms with Crippen LogP contribution in [-0.4, -0.2) is 38.3 Å². The van der Waals surface area contributed by atoms with E-state index in [1.54, 1.807) is 42.7 Å². The van der Waals surface area contributed by atoms with E-state index in [9.17, 15) is 26.9 Å². The number of fused-ring (bicyclic) bond motifs is 4. The minimum Gasteiger partial charge on any atom is -0.403 e. The maximum Gasteiger partial charge on any atom is 0.586 e. The molecule has 0 saturated carbocycles. The summed E-state index contributed by atoms with van der Waals surface area (Å²) in [6.07, 6.45) is -1.09. The molecule has 0 aliphatic carbocycles. The number of alkyl halides is 4. The normalized spacial score (nSPS) is 16.1. The number of ether oxygens (including phenoxy) is 2. The molecule has 0 radical (unpaired) electrons. The van der Waals surface area contributed by atoms with Gasteiger partial charge in [-0.25, -0.2) is 0 Å². The molecule has 6 rings (SSSR count). The summed E-state index contributed by atoms with van der Waals surface area (Å²) in [6, 6.07) is 16.5. The number of aromatic nitrogens is 2. The van der Waals surface area contributed by atoms with Crippen LogP contribution in [0.2, 0.25) is 0 Å². The Hall–Kier alpha value is -4.56. The first-order chi connectivity index (χ1) is 19.9. The van der Waals surface area contributed by atoms with Crippen molar-refractivity contribution in [3.05, 3.63) is 78.1 Å². The lowest BCUT2D eigenvalue weighted by Gasteiger charge is -2.35. The predicted octanol–water partition coefficient (Wildman–Crippen LogP) is 5.00. The van der Waals surface area contributed by atoms with Gasteiger partial charge in [0, 0.05) is 46.3 Å². The third-order valence-electron chi connectivity index (χ3n) is 6.90. The number of halogens is 4. The maximum atomic E-state index is 14.9. The van der Waals surface area contributed by atoms with Gasteiger partial charge in [0.25, 0.3) is 0 Å². The van der Waals surface area contributed by atoms with Crippen molar-refractivity contribution in [3.8, 4) is 33.9 Å². The molecule has 0 spiro atoms. The van der Waals surface area contributed by atoms with E-state index >= 15 is 0 Å². The highest BCUT2D eigenvalue weighted by atomic mass is 32.2. The lowest BCUT2D eigenvalue weighted by atomic mass is 9.97. The topological polar surface area (TPSA) is 115 Å². The van der Waals surface area contributed by atoms with Crippen LogP contribution in [0, 0.1) is 0 Å². The minimum atomic E-state index is -3.84. The molecule has 4 aromatic rings. The van der Waals surface area contributed by atoms with Crippen LogP contribution >= 0.6 is 0 Å². The van der Waals surface area contributed by atoms with Crippen LogP contribution < -0.4 is 25.6 Å². The van der Waals surface area contributed by atoms with Gasteiger partial charge in [-0.1, -0.05) is 18.2 Å². The van der Waals surface area contributed by atoms with Gasteiger partial charge in [-0.2, -0.15) is 13.9 Å². The van der Waals surface area contributed by atoms with Crippen LogP contribution in [0.5, 0.6) is 11.5 Å². The zero-order valence-corrected chi connectivity index (χ0v) is 22.9. The summed E-state index contributed by atoms with van der Waals surface area (Å²) in [7, 11) is 0.275. The largest absolute Gasteiger partial charge is 0.586 e. The first kappa shape index (κ1) is 27.6. The second-order valence-corrected chi connectivity index (χ2v) is 11.0. The Kier molecular flexibility index (Phi) is 6.42. The van der Waals surface area contributed by atoms with Gasteiger partial charge in [0.15, 0.2) is 17.2 Å². The second-order valence-electron chi connectivity index (χ2n) is 9.60. The van der Waals surface area contributed by atoms with Crippen LogP contribution in [0.15, 0.2) is 71.8 Å². The fourth-order valence-electron chi connectivity index (χ4n) is 4.99. The van der Waals surface area contributed by atoms with Gasteiger partial charge in [-0.3, -0.25) is 19.3 Å². The van der Waals surface area contributed by atoms with E-state index in [0.717, 1.165) is 5.56 Å². The molecule has 3 aromatic carbocycles. The minimum absolute atomic E-state index is 0.0770. The van der Waals surface area contributed by atoms with Crippen molar-refractivity contribution < 1.29 is 36.4 Å². The average Bonchev–Trinajstić information content (AvgIpc) is 3.47. The molecule has 0 amide bonds. The Morgan fingerprint density at radius 3 is 2.57 bits per heavy atom. The van der Waals surface area contributed by atoms with Crippen LogP contribution in [-0.2, 0) is 23.8 Å². The number of benzene rings is 3. The van der Waals surface area contributed by atoms with E-state index in [4.69, 9.17) is 5.73 Å². The number of rotatable bonds is 6. The van der Waals surface area contributed by atoms with Crippen LogP contribution in [0.25, 0.3) is 28.1 Å². The van der Waals surface area contributed by atoms with Crippen molar-refractivity contribution in [2.24, 2.45) is 12.8 Å². The molecule has 14 heteroatoms. The van der Waals surface area contributed by atoms with Crippen molar-refractivity contribution >= 4 is 27.9 Å². The number of aryl methyl sites for hydroxylation is 1. The van der Waals surface area contributed by atoms with Crippen LogP contribution in [0.1, 0.15) is 11.3 Å². The van der Waals surface area contributed by atoms with Crippen LogP contribution in [0.4, 0.5) is 28.9 Å². The molecule has 4 N–H and O–H groups in total. The molecule has 3 heterocycles. The van der Waals surface area contributed by atoms with E-state index in [-0.39, 0.29) is 22.9 Å². The monoisotopic (exact) mass is 601 g/mol. The van der Waals surface area contributed by atoms with Gasteiger partial charge in [-0.15, -0.1) is 8.78 Å². The lowest BCUT2D eigenvalue weighted by molar-refractivity contribution is -0.286. The number of hydrazine groups is 1. The van der Waals surface area contributed by atoms with Gasteiger partial charge < -0.3 is 20.3 Å². The summed E-state index contributed by atoms with van der Waals surface area (Å²) < 4.78 is 79.7. The smallest absolute Gasteiger partial charge is 0.403 e. The number of nitrogens with one attached hydrogen (secondary N) is 1. The molecule has 2 aliphatic rings. The number of aliphatic hydroxyl groups excluding tert-OH is 1. The number of hydrogen-bond donors (Lipinski definition) is 3. The lowest BCUT2D eigenvalue weighted by Crippen LogP contribution is -2.33. The van der Waals surface area contributed by atoms with Crippen molar-refractivity contribution in [2.45, 2.75) is 17.1 Å². The molecule has 2 aliphatic heterocycles. The first-order valence-corrected chi connectivity index (χ1v) is 14.0. The fraction of sp³-hybridized carbons (Fsp3) is 0.179. The summed E-state index contributed by atoms with van der Waals surface area (Å²) in [6.45, 7) is -1.48. The highest BCUT2D eigenvalue weighted by Crippen LogP contribution is 2.49. The highest BCUT2D eigenvalue weighted by molar-refractivity contribution is 7.84. The molecular weight excluding hydrogens is 578 g/mol. The Labute approximate surface area is 239 Å². The van der Waals surface area contributed by atoms with Crippen LogP contribution in [0.3, 0.4) is 0 Å². The highest BCUT2D eigenvalue weighted by Gasteiger charge is 2.44. The summed E-state index contributed by atoms with van der Waals surface area (Å²) in [5.74, 6) is -4.10. The molecule has 1 aromatic heterocycles. The summed E-state index contributed by atoms with van der Waals surface area (Å²) in [5.41, 5.74) is 11.5. The number of anilines is 2. The Balaban J connectivity index is 1.54. The van der Waals surface area contributed by atoms with Crippen molar-refractivity contribution in [1.29, 1.82) is 0 Å². The van der Waals surface area contributed by atoms with Crippen molar-refractivity contribution in [2.75, 3.05) is 23.3 Å².